The number of hydrogen-bond donors (Lipinski definition) is 0. The molecule has 6 nitrogen and oxygen atoms in total. The SMILES string of the molecule is O=C(CSc1cc(N2CCCC2)ncn1)N1CCN(c2ccccc2)CC1. The van der Waals surface area contributed by atoms with E-state index < -0.39 is 0 Å². The molecule has 27 heavy (non-hydrogen) atoms. The fourth-order valence-electron chi connectivity index (χ4n) is 3.61. The van der Waals surface area contributed by atoms with Gasteiger partial charge < -0.3 is 14.7 Å². The van der Waals surface area contributed by atoms with Crippen LogP contribution < -0.4 is 9.80 Å². The summed E-state index contributed by atoms with van der Waals surface area (Å²) in [6.45, 7) is 5.44. The van der Waals surface area contributed by atoms with Crippen molar-refractivity contribution in [2.24, 2.45) is 0 Å². The molecule has 2 aliphatic rings. The Morgan fingerprint density at radius 1 is 0.926 bits per heavy atom. The van der Waals surface area contributed by atoms with Crippen LogP contribution in [0.4, 0.5) is 11.5 Å². The average molecular weight is 384 g/mol. The largest absolute Gasteiger partial charge is 0.368 e. The van der Waals surface area contributed by atoms with E-state index in [2.05, 4.69) is 44.0 Å². The number of rotatable bonds is 5. The second-order valence-corrected chi connectivity index (χ2v) is 7.90. The van der Waals surface area contributed by atoms with Gasteiger partial charge in [-0.15, -0.1) is 0 Å². The molecule has 1 amide bonds. The summed E-state index contributed by atoms with van der Waals surface area (Å²) in [7, 11) is 0. The van der Waals surface area contributed by atoms with Gasteiger partial charge in [-0.25, -0.2) is 9.97 Å². The van der Waals surface area contributed by atoms with Crippen molar-refractivity contribution < 1.29 is 4.79 Å². The fraction of sp³-hybridized carbons (Fsp3) is 0.450. The molecule has 0 N–H and O–H groups in total. The van der Waals surface area contributed by atoms with E-state index in [1.165, 1.54) is 30.3 Å². The van der Waals surface area contributed by atoms with Gasteiger partial charge in [0.25, 0.3) is 0 Å². The van der Waals surface area contributed by atoms with E-state index in [-0.39, 0.29) is 5.91 Å². The minimum Gasteiger partial charge on any atom is -0.368 e. The van der Waals surface area contributed by atoms with Crippen molar-refractivity contribution in [1.29, 1.82) is 0 Å². The molecule has 2 fully saturated rings. The van der Waals surface area contributed by atoms with Crippen LogP contribution in [-0.2, 0) is 4.79 Å². The highest BCUT2D eigenvalue weighted by Crippen LogP contribution is 2.23. The van der Waals surface area contributed by atoms with Gasteiger partial charge in [-0.1, -0.05) is 30.0 Å². The number of thioether (sulfide) groups is 1. The van der Waals surface area contributed by atoms with Crippen LogP contribution >= 0.6 is 11.8 Å². The van der Waals surface area contributed by atoms with Crippen LogP contribution in [0.5, 0.6) is 0 Å². The zero-order valence-electron chi connectivity index (χ0n) is 15.5. The third-order valence-electron chi connectivity index (χ3n) is 5.15. The summed E-state index contributed by atoms with van der Waals surface area (Å²) >= 11 is 1.51. The van der Waals surface area contributed by atoms with E-state index in [1.807, 2.05) is 17.0 Å². The van der Waals surface area contributed by atoms with Gasteiger partial charge in [0.05, 0.1) is 5.75 Å². The first-order valence-electron chi connectivity index (χ1n) is 9.57. The monoisotopic (exact) mass is 383 g/mol. The van der Waals surface area contributed by atoms with E-state index in [9.17, 15) is 4.79 Å². The Balaban J connectivity index is 1.27. The number of carbonyl (C=O) groups is 1. The van der Waals surface area contributed by atoms with Gasteiger partial charge in [-0.2, -0.15) is 0 Å². The minimum atomic E-state index is 0.189. The van der Waals surface area contributed by atoms with Crippen LogP contribution in [0, 0.1) is 0 Å². The predicted molar refractivity (Wildman–Crippen MR) is 109 cm³/mol. The summed E-state index contributed by atoms with van der Waals surface area (Å²) in [6, 6.07) is 12.4. The molecular weight excluding hydrogens is 358 g/mol. The summed E-state index contributed by atoms with van der Waals surface area (Å²) in [5.74, 6) is 1.60. The minimum absolute atomic E-state index is 0.189. The van der Waals surface area contributed by atoms with Crippen LogP contribution in [0.1, 0.15) is 12.8 Å². The first kappa shape index (κ1) is 18.1. The molecule has 3 heterocycles. The third kappa shape index (κ3) is 4.53. The quantitative estimate of drug-likeness (QED) is 0.584. The Kier molecular flexibility index (Phi) is 5.77. The Bertz CT molecular complexity index is 758. The van der Waals surface area contributed by atoms with Crippen molar-refractivity contribution in [3.63, 3.8) is 0 Å². The van der Waals surface area contributed by atoms with Crippen molar-refractivity contribution in [3.05, 3.63) is 42.7 Å². The molecule has 0 radical (unpaired) electrons. The molecule has 2 aliphatic heterocycles. The molecule has 0 aliphatic carbocycles. The lowest BCUT2D eigenvalue weighted by Crippen LogP contribution is -2.49. The molecule has 0 saturated carbocycles. The molecular formula is C20H25N5OS. The number of piperazine rings is 1. The molecule has 1 aromatic heterocycles. The van der Waals surface area contributed by atoms with Crippen LogP contribution in [0.3, 0.4) is 0 Å². The molecule has 0 unspecified atom stereocenters. The summed E-state index contributed by atoms with van der Waals surface area (Å²) in [5.41, 5.74) is 1.23. The maximum Gasteiger partial charge on any atom is 0.233 e. The highest BCUT2D eigenvalue weighted by molar-refractivity contribution is 7.99. The number of hydrogen-bond acceptors (Lipinski definition) is 6. The fourth-order valence-corrected chi connectivity index (χ4v) is 4.37. The highest BCUT2D eigenvalue weighted by Gasteiger charge is 2.21. The molecule has 0 atom stereocenters. The highest BCUT2D eigenvalue weighted by atomic mass is 32.2. The maximum atomic E-state index is 12.6. The first-order valence-corrected chi connectivity index (χ1v) is 10.6. The van der Waals surface area contributed by atoms with Gasteiger partial charge in [-0.05, 0) is 25.0 Å². The number of amides is 1. The van der Waals surface area contributed by atoms with Gasteiger partial charge in [0, 0.05) is 51.0 Å². The maximum absolute atomic E-state index is 12.6. The van der Waals surface area contributed by atoms with Crippen LogP contribution in [0.2, 0.25) is 0 Å². The second-order valence-electron chi connectivity index (χ2n) is 6.90. The van der Waals surface area contributed by atoms with Crippen LogP contribution in [0.15, 0.2) is 47.8 Å². The smallest absolute Gasteiger partial charge is 0.233 e. The second kappa shape index (κ2) is 8.61. The van der Waals surface area contributed by atoms with Gasteiger partial charge in [0.2, 0.25) is 5.91 Å². The first-order chi connectivity index (χ1) is 13.3. The average Bonchev–Trinajstić information content (AvgIpc) is 3.28. The normalized spacial score (nSPS) is 17.4. The van der Waals surface area contributed by atoms with Crippen molar-refractivity contribution in [2.45, 2.75) is 17.9 Å². The van der Waals surface area contributed by atoms with E-state index in [0.29, 0.717) is 5.75 Å². The van der Waals surface area contributed by atoms with Crippen molar-refractivity contribution in [2.75, 3.05) is 54.8 Å². The summed E-state index contributed by atoms with van der Waals surface area (Å²) in [4.78, 5) is 27.9. The molecule has 0 bridgehead atoms. The van der Waals surface area contributed by atoms with Crippen molar-refractivity contribution in [3.8, 4) is 0 Å². The number of para-hydroxylation sites is 1. The van der Waals surface area contributed by atoms with Gasteiger partial charge in [0.1, 0.15) is 17.2 Å². The summed E-state index contributed by atoms with van der Waals surface area (Å²) in [5, 5.41) is 0.878. The van der Waals surface area contributed by atoms with E-state index in [1.54, 1.807) is 6.33 Å². The summed E-state index contributed by atoms with van der Waals surface area (Å²) in [6.07, 6.45) is 4.05. The molecule has 1 aromatic carbocycles. The van der Waals surface area contributed by atoms with Gasteiger partial charge >= 0.3 is 0 Å². The van der Waals surface area contributed by atoms with Crippen molar-refractivity contribution >= 4 is 29.2 Å². The standard InChI is InChI=1S/C20H25N5OS/c26-20(25-12-10-23(11-13-25)17-6-2-1-3-7-17)15-27-19-14-18(21-16-22-19)24-8-4-5-9-24/h1-3,6-7,14,16H,4-5,8-13,15H2. The van der Waals surface area contributed by atoms with Gasteiger partial charge in [0.15, 0.2) is 0 Å². The molecule has 2 saturated heterocycles. The lowest BCUT2D eigenvalue weighted by molar-refractivity contribution is -0.128. The lowest BCUT2D eigenvalue weighted by Gasteiger charge is -2.36. The number of aromatic nitrogens is 2. The molecule has 0 spiro atoms. The molecule has 142 valence electrons. The van der Waals surface area contributed by atoms with Gasteiger partial charge in [-0.3, -0.25) is 4.79 Å². The van der Waals surface area contributed by atoms with E-state index >= 15 is 0 Å². The zero-order valence-corrected chi connectivity index (χ0v) is 16.3. The Labute approximate surface area is 164 Å². The van der Waals surface area contributed by atoms with E-state index in [4.69, 9.17) is 0 Å². The predicted octanol–water partition coefficient (Wildman–Crippen LogP) is 2.52. The molecule has 2 aromatic rings. The Hall–Kier alpha value is -2.28. The zero-order chi connectivity index (χ0) is 18.5. The number of carbonyl (C=O) groups excluding carboxylic acids is 1. The van der Waals surface area contributed by atoms with Crippen LogP contribution in [-0.4, -0.2) is 65.8 Å². The molecule has 7 heteroatoms. The number of benzene rings is 1. The number of nitrogens with zero attached hydrogens (tertiary/aromatic N) is 5. The third-order valence-corrected chi connectivity index (χ3v) is 6.07. The van der Waals surface area contributed by atoms with Crippen molar-refractivity contribution in [1.82, 2.24) is 14.9 Å². The Morgan fingerprint density at radius 3 is 2.41 bits per heavy atom. The topological polar surface area (TPSA) is 52.6 Å². The number of anilines is 2. The molecule has 4 rings (SSSR count). The van der Waals surface area contributed by atoms with E-state index in [0.717, 1.165) is 50.1 Å². The Morgan fingerprint density at radius 2 is 1.67 bits per heavy atom. The summed E-state index contributed by atoms with van der Waals surface area (Å²) < 4.78 is 0. The van der Waals surface area contributed by atoms with Crippen LogP contribution in [0.25, 0.3) is 0 Å². The lowest BCUT2D eigenvalue weighted by atomic mass is 10.2.